The SMILES string of the molecule is CC12CCC(CC1=CC1=CC=CC(S(=O)(=O)O)C1=O)C2(C)C. The first-order valence-electron chi connectivity index (χ1n) is 7.67. The predicted octanol–water partition coefficient (Wildman–Crippen LogP) is 3.08. The molecule has 22 heavy (non-hydrogen) atoms. The van der Waals surface area contributed by atoms with Crippen molar-refractivity contribution in [2.24, 2.45) is 16.7 Å². The van der Waals surface area contributed by atoms with E-state index in [2.05, 4.69) is 20.8 Å². The van der Waals surface area contributed by atoms with E-state index in [0.717, 1.165) is 12.8 Å². The number of allylic oxidation sites excluding steroid dienone is 5. The summed E-state index contributed by atoms with van der Waals surface area (Å²) in [6.45, 7) is 6.81. The van der Waals surface area contributed by atoms with Gasteiger partial charge in [0.05, 0.1) is 0 Å². The third-order valence-corrected chi connectivity index (χ3v) is 7.38. The number of carbonyl (C=O) groups is 1. The van der Waals surface area contributed by atoms with Gasteiger partial charge in [0.2, 0.25) is 0 Å². The van der Waals surface area contributed by atoms with E-state index in [1.54, 1.807) is 6.08 Å². The molecule has 0 spiro atoms. The molecule has 3 aliphatic rings. The molecule has 0 aromatic rings. The van der Waals surface area contributed by atoms with Crippen LogP contribution in [0.25, 0.3) is 0 Å². The van der Waals surface area contributed by atoms with Crippen LogP contribution in [-0.4, -0.2) is 24.0 Å². The van der Waals surface area contributed by atoms with E-state index < -0.39 is 21.2 Å². The number of ketones is 1. The van der Waals surface area contributed by atoms with E-state index in [1.165, 1.54) is 24.1 Å². The van der Waals surface area contributed by atoms with Gasteiger partial charge in [0.15, 0.2) is 11.0 Å². The Morgan fingerprint density at radius 1 is 1.32 bits per heavy atom. The van der Waals surface area contributed by atoms with Crippen molar-refractivity contribution in [3.8, 4) is 0 Å². The molecular formula is C17H22O4S. The van der Waals surface area contributed by atoms with E-state index in [4.69, 9.17) is 0 Å². The fourth-order valence-corrected chi connectivity index (χ4v) is 5.07. The van der Waals surface area contributed by atoms with E-state index in [1.807, 2.05) is 6.08 Å². The van der Waals surface area contributed by atoms with Crippen molar-refractivity contribution in [3.05, 3.63) is 35.5 Å². The molecule has 0 aliphatic heterocycles. The monoisotopic (exact) mass is 322 g/mol. The molecule has 3 atom stereocenters. The molecule has 5 heteroatoms. The fraction of sp³-hybridized carbons (Fsp3) is 0.588. The molecule has 0 aromatic heterocycles. The van der Waals surface area contributed by atoms with Gasteiger partial charge in [0.25, 0.3) is 10.1 Å². The lowest BCUT2D eigenvalue weighted by molar-refractivity contribution is -0.114. The topological polar surface area (TPSA) is 71.4 Å². The molecule has 2 fully saturated rings. The van der Waals surface area contributed by atoms with Crippen molar-refractivity contribution >= 4 is 15.9 Å². The lowest BCUT2D eigenvalue weighted by Gasteiger charge is -2.35. The highest BCUT2D eigenvalue weighted by atomic mass is 32.2. The number of carbonyl (C=O) groups excluding carboxylic acids is 1. The van der Waals surface area contributed by atoms with Gasteiger partial charge < -0.3 is 0 Å². The summed E-state index contributed by atoms with van der Waals surface area (Å²) in [7, 11) is -4.40. The van der Waals surface area contributed by atoms with Gasteiger partial charge in [-0.15, -0.1) is 0 Å². The Balaban J connectivity index is 1.96. The van der Waals surface area contributed by atoms with Crippen LogP contribution in [0, 0.1) is 16.7 Å². The highest BCUT2D eigenvalue weighted by Crippen LogP contribution is 2.68. The first-order valence-corrected chi connectivity index (χ1v) is 9.18. The molecular weight excluding hydrogens is 300 g/mol. The van der Waals surface area contributed by atoms with Crippen LogP contribution >= 0.6 is 0 Å². The Hall–Kier alpha value is -1.20. The molecule has 2 saturated carbocycles. The van der Waals surface area contributed by atoms with Crippen LogP contribution in [0.3, 0.4) is 0 Å². The van der Waals surface area contributed by atoms with Crippen LogP contribution in [0.15, 0.2) is 35.5 Å². The summed E-state index contributed by atoms with van der Waals surface area (Å²) in [5.41, 5.74) is 1.88. The summed E-state index contributed by atoms with van der Waals surface area (Å²) >= 11 is 0. The Morgan fingerprint density at radius 2 is 2.00 bits per heavy atom. The Bertz CT molecular complexity index is 724. The molecule has 3 aliphatic carbocycles. The Kier molecular flexibility index (Phi) is 3.31. The molecule has 4 nitrogen and oxygen atoms in total. The number of Topliss-reactive ketones (excluding diaryl/α,β-unsaturated/α-hetero) is 1. The summed E-state index contributed by atoms with van der Waals surface area (Å²) in [6.07, 6.45) is 9.55. The maximum absolute atomic E-state index is 12.3. The van der Waals surface area contributed by atoms with Crippen LogP contribution < -0.4 is 0 Å². The van der Waals surface area contributed by atoms with Crippen molar-refractivity contribution in [2.75, 3.05) is 0 Å². The smallest absolute Gasteiger partial charge is 0.279 e. The quantitative estimate of drug-likeness (QED) is 0.793. The molecule has 3 unspecified atom stereocenters. The number of hydrogen-bond donors (Lipinski definition) is 1. The van der Waals surface area contributed by atoms with Crippen LogP contribution in [0.5, 0.6) is 0 Å². The van der Waals surface area contributed by atoms with Crippen LogP contribution in [0.4, 0.5) is 0 Å². The largest absolute Gasteiger partial charge is 0.292 e. The van der Waals surface area contributed by atoms with E-state index in [0.29, 0.717) is 11.5 Å². The van der Waals surface area contributed by atoms with Gasteiger partial charge in [-0.1, -0.05) is 50.6 Å². The average Bonchev–Trinajstić information content (AvgIpc) is 2.73. The third kappa shape index (κ3) is 2.06. The Labute approximate surface area is 131 Å². The minimum absolute atomic E-state index is 0.0630. The van der Waals surface area contributed by atoms with Gasteiger partial charge in [-0.05, 0) is 36.0 Å². The maximum Gasteiger partial charge on any atom is 0.279 e. The van der Waals surface area contributed by atoms with E-state index >= 15 is 0 Å². The van der Waals surface area contributed by atoms with Crippen molar-refractivity contribution in [1.29, 1.82) is 0 Å². The molecule has 0 aromatic carbocycles. The van der Waals surface area contributed by atoms with Gasteiger partial charge in [-0.25, -0.2) is 0 Å². The second-order valence-electron chi connectivity index (χ2n) is 7.47. The highest BCUT2D eigenvalue weighted by molar-refractivity contribution is 7.87. The summed E-state index contributed by atoms with van der Waals surface area (Å²) in [4.78, 5) is 12.3. The van der Waals surface area contributed by atoms with E-state index in [-0.39, 0.29) is 10.8 Å². The minimum Gasteiger partial charge on any atom is -0.292 e. The lowest BCUT2D eigenvalue weighted by Crippen LogP contribution is -2.31. The number of fused-ring (bicyclic) bond motifs is 2. The van der Waals surface area contributed by atoms with Crippen molar-refractivity contribution in [2.45, 2.75) is 45.3 Å². The summed E-state index contributed by atoms with van der Waals surface area (Å²) in [5.74, 6) is 0.0811. The van der Waals surface area contributed by atoms with Gasteiger partial charge in [-0.3, -0.25) is 9.35 Å². The van der Waals surface area contributed by atoms with Crippen LogP contribution in [0.2, 0.25) is 0 Å². The first-order chi connectivity index (χ1) is 10.1. The van der Waals surface area contributed by atoms with Crippen LogP contribution in [0.1, 0.15) is 40.0 Å². The zero-order chi connectivity index (χ0) is 16.3. The summed E-state index contributed by atoms with van der Waals surface area (Å²) in [5, 5.41) is -1.47. The molecule has 0 heterocycles. The van der Waals surface area contributed by atoms with Crippen LogP contribution in [-0.2, 0) is 14.9 Å². The van der Waals surface area contributed by atoms with Gasteiger partial charge in [0, 0.05) is 5.57 Å². The number of hydrogen-bond acceptors (Lipinski definition) is 3. The Morgan fingerprint density at radius 3 is 2.50 bits per heavy atom. The van der Waals surface area contributed by atoms with Gasteiger partial charge in [-0.2, -0.15) is 8.42 Å². The summed E-state index contributed by atoms with van der Waals surface area (Å²) < 4.78 is 31.8. The fourth-order valence-electron chi connectivity index (χ4n) is 4.37. The van der Waals surface area contributed by atoms with Gasteiger partial charge in [0.1, 0.15) is 0 Å². The molecule has 1 N–H and O–H groups in total. The third-order valence-electron chi connectivity index (χ3n) is 6.37. The first kappa shape index (κ1) is 15.7. The second-order valence-corrected chi connectivity index (χ2v) is 9.01. The van der Waals surface area contributed by atoms with E-state index in [9.17, 15) is 17.8 Å². The zero-order valence-corrected chi connectivity index (χ0v) is 14.0. The second kappa shape index (κ2) is 4.65. The normalized spacial score (nSPS) is 38.6. The minimum atomic E-state index is -4.40. The molecule has 0 saturated heterocycles. The van der Waals surface area contributed by atoms with Gasteiger partial charge >= 0.3 is 0 Å². The summed E-state index contributed by atoms with van der Waals surface area (Å²) in [6, 6.07) is 0. The number of rotatable bonds is 2. The zero-order valence-electron chi connectivity index (χ0n) is 13.2. The average molecular weight is 322 g/mol. The maximum atomic E-state index is 12.3. The molecule has 120 valence electrons. The standard InChI is InChI=1S/C17H22O4S/c1-16(2)12-7-8-17(16,3)13(10-12)9-11-5-4-6-14(15(11)18)22(19,20)21/h4-6,9,12,14H,7-8,10H2,1-3H3,(H,19,20,21). The van der Waals surface area contributed by atoms with Crippen molar-refractivity contribution in [3.63, 3.8) is 0 Å². The molecule has 2 bridgehead atoms. The molecule has 0 amide bonds. The molecule has 3 rings (SSSR count). The lowest BCUT2D eigenvalue weighted by atomic mass is 9.69. The highest BCUT2D eigenvalue weighted by Gasteiger charge is 2.58. The van der Waals surface area contributed by atoms with Crippen molar-refractivity contribution < 1.29 is 17.8 Å². The molecule has 0 radical (unpaired) electrons. The van der Waals surface area contributed by atoms with Crippen molar-refractivity contribution in [1.82, 2.24) is 0 Å². The predicted molar refractivity (Wildman–Crippen MR) is 84.9 cm³/mol.